The van der Waals surface area contributed by atoms with E-state index >= 15 is 0 Å². The molecular formula is C23H31N3O7. The zero-order valence-corrected chi connectivity index (χ0v) is 18.6. The Kier molecular flexibility index (Phi) is 6.26. The first-order chi connectivity index (χ1) is 16.1. The Bertz CT molecular complexity index is 855. The molecule has 0 saturated carbocycles. The Labute approximate surface area is 192 Å². The van der Waals surface area contributed by atoms with E-state index in [9.17, 15) is 19.5 Å². The molecule has 5 rings (SSSR count). The molecule has 5 heterocycles. The molecule has 0 aliphatic carbocycles. The summed E-state index contributed by atoms with van der Waals surface area (Å²) in [5.74, 6) is -2.73. The van der Waals surface area contributed by atoms with Gasteiger partial charge in [-0.25, -0.2) is 0 Å². The van der Waals surface area contributed by atoms with Crippen LogP contribution in [0.3, 0.4) is 0 Å². The van der Waals surface area contributed by atoms with E-state index in [4.69, 9.17) is 14.2 Å². The van der Waals surface area contributed by atoms with Crippen molar-refractivity contribution >= 4 is 17.8 Å². The van der Waals surface area contributed by atoms with Gasteiger partial charge in [-0.2, -0.15) is 0 Å². The first kappa shape index (κ1) is 22.5. The number of fused-ring (bicyclic) bond motifs is 2. The van der Waals surface area contributed by atoms with Gasteiger partial charge >= 0.3 is 5.97 Å². The zero-order valence-electron chi connectivity index (χ0n) is 18.6. The highest BCUT2D eigenvalue weighted by Crippen LogP contribution is 2.53. The van der Waals surface area contributed by atoms with Crippen molar-refractivity contribution in [2.45, 2.75) is 24.2 Å². The quantitative estimate of drug-likeness (QED) is 0.402. The Morgan fingerprint density at radius 3 is 2.64 bits per heavy atom. The van der Waals surface area contributed by atoms with Gasteiger partial charge in [0, 0.05) is 39.3 Å². The van der Waals surface area contributed by atoms with Crippen molar-refractivity contribution in [3.8, 4) is 0 Å². The topological polar surface area (TPSA) is 109 Å². The number of hydrogen-bond acceptors (Lipinski definition) is 8. The third kappa shape index (κ3) is 3.78. The molecule has 3 saturated heterocycles. The maximum absolute atomic E-state index is 13.8. The second kappa shape index (κ2) is 9.17. The lowest BCUT2D eigenvalue weighted by atomic mass is 9.77. The first-order valence-corrected chi connectivity index (χ1v) is 11.8. The van der Waals surface area contributed by atoms with Crippen LogP contribution in [0.25, 0.3) is 0 Å². The van der Waals surface area contributed by atoms with Crippen molar-refractivity contribution in [3.05, 3.63) is 24.3 Å². The Hall–Kier alpha value is -2.27. The molecule has 10 nitrogen and oxygen atoms in total. The number of aliphatic hydroxyl groups excluding tert-OH is 1. The summed E-state index contributed by atoms with van der Waals surface area (Å²) in [6.45, 7) is 4.60. The highest BCUT2D eigenvalue weighted by Gasteiger charge is 2.71. The van der Waals surface area contributed by atoms with E-state index in [0.29, 0.717) is 39.3 Å². The number of morpholine rings is 1. The molecule has 1 spiro atoms. The standard InChI is InChI=1S/C23H31N3O7/c27-12-9-26-19-21(29)25(8-7-24-10-14-31-15-11-24)6-3-5-23(19)18(20(26)28)17-16(33-23)4-1-2-13-32-22(17)30/h1,3-5,16-19,27H,2,6-15H2/t16-,17?,18+,19-,23?/m1/s1. The van der Waals surface area contributed by atoms with Crippen molar-refractivity contribution in [2.24, 2.45) is 11.8 Å². The number of amides is 2. The van der Waals surface area contributed by atoms with E-state index in [1.165, 1.54) is 4.90 Å². The van der Waals surface area contributed by atoms with Gasteiger partial charge in [-0.3, -0.25) is 19.3 Å². The fourth-order valence-corrected chi connectivity index (χ4v) is 5.79. The third-order valence-corrected chi connectivity index (χ3v) is 7.33. The summed E-state index contributed by atoms with van der Waals surface area (Å²) in [6, 6.07) is -0.931. The minimum atomic E-state index is -1.26. The summed E-state index contributed by atoms with van der Waals surface area (Å²) >= 11 is 0. The predicted molar refractivity (Wildman–Crippen MR) is 115 cm³/mol. The predicted octanol–water partition coefficient (Wildman–Crippen LogP) is -1.21. The molecule has 0 aromatic rings. The van der Waals surface area contributed by atoms with E-state index in [1.54, 1.807) is 11.0 Å². The van der Waals surface area contributed by atoms with Crippen LogP contribution in [0, 0.1) is 11.8 Å². The van der Waals surface area contributed by atoms with Gasteiger partial charge in [0.15, 0.2) is 0 Å². The number of ether oxygens (including phenoxy) is 3. The van der Waals surface area contributed by atoms with Crippen LogP contribution in [-0.2, 0) is 28.6 Å². The van der Waals surface area contributed by atoms with Crippen LogP contribution in [0.15, 0.2) is 24.3 Å². The molecule has 0 aromatic carbocycles. The Morgan fingerprint density at radius 1 is 1.03 bits per heavy atom. The highest BCUT2D eigenvalue weighted by atomic mass is 16.6. The number of carbonyl (C=O) groups excluding carboxylic acids is 3. The van der Waals surface area contributed by atoms with Gasteiger partial charge in [0.1, 0.15) is 17.6 Å². The molecular weight excluding hydrogens is 430 g/mol. The van der Waals surface area contributed by atoms with E-state index in [1.807, 2.05) is 18.2 Å². The van der Waals surface area contributed by atoms with Crippen molar-refractivity contribution < 1.29 is 33.7 Å². The summed E-state index contributed by atoms with van der Waals surface area (Å²) in [6.07, 6.45) is 7.32. The summed E-state index contributed by atoms with van der Waals surface area (Å²) in [5, 5.41) is 9.66. The normalized spacial score (nSPS) is 36.7. The molecule has 5 aliphatic heterocycles. The number of cyclic esters (lactones) is 1. The summed E-state index contributed by atoms with van der Waals surface area (Å²) in [4.78, 5) is 45.7. The average molecular weight is 462 g/mol. The van der Waals surface area contributed by atoms with Crippen molar-refractivity contribution in [2.75, 3.05) is 65.7 Å². The second-order valence-corrected chi connectivity index (χ2v) is 9.12. The van der Waals surface area contributed by atoms with Crippen molar-refractivity contribution in [1.82, 2.24) is 14.7 Å². The lowest BCUT2D eigenvalue weighted by Crippen LogP contribution is -2.56. The van der Waals surface area contributed by atoms with Crippen LogP contribution < -0.4 is 0 Å². The molecule has 0 bridgehead atoms. The Balaban J connectivity index is 1.46. The number of hydrogen-bond donors (Lipinski definition) is 1. The van der Waals surface area contributed by atoms with Gasteiger partial charge in [0.2, 0.25) is 11.8 Å². The highest BCUT2D eigenvalue weighted by molar-refractivity contribution is 5.99. The molecule has 2 unspecified atom stereocenters. The number of β-amino-alcohol motifs (C(OH)–C–C–N with tert-alkyl or cyclic N) is 1. The van der Waals surface area contributed by atoms with Gasteiger partial charge in [-0.15, -0.1) is 0 Å². The van der Waals surface area contributed by atoms with E-state index < -0.39 is 35.6 Å². The lowest BCUT2D eigenvalue weighted by molar-refractivity contribution is -0.155. The molecule has 5 aliphatic rings. The van der Waals surface area contributed by atoms with E-state index in [-0.39, 0.29) is 31.6 Å². The average Bonchev–Trinajstić information content (AvgIpc) is 3.18. The number of esters is 1. The summed E-state index contributed by atoms with van der Waals surface area (Å²) in [5.41, 5.74) is -1.26. The molecule has 5 atom stereocenters. The molecule has 10 heteroatoms. The van der Waals surface area contributed by atoms with Gasteiger partial charge in [-0.1, -0.05) is 24.3 Å². The first-order valence-electron chi connectivity index (χ1n) is 11.8. The molecule has 180 valence electrons. The SMILES string of the molecule is O=C1OCCC=C[C@H]2OC34C=CCN(CCN5CCOCC5)C(=O)[C@H]3N(CCO)C(=O)[C@@H]4C12. The van der Waals surface area contributed by atoms with Crippen LogP contribution in [0.2, 0.25) is 0 Å². The Morgan fingerprint density at radius 2 is 1.85 bits per heavy atom. The largest absolute Gasteiger partial charge is 0.465 e. The van der Waals surface area contributed by atoms with Crippen molar-refractivity contribution in [3.63, 3.8) is 0 Å². The maximum atomic E-state index is 13.8. The summed E-state index contributed by atoms with van der Waals surface area (Å²) < 4.78 is 17.2. The monoisotopic (exact) mass is 461 g/mol. The van der Waals surface area contributed by atoms with E-state index in [2.05, 4.69) is 4.90 Å². The third-order valence-electron chi connectivity index (χ3n) is 7.33. The number of carbonyl (C=O) groups is 3. The molecule has 0 radical (unpaired) electrons. The smallest absolute Gasteiger partial charge is 0.312 e. The zero-order chi connectivity index (χ0) is 23.0. The molecule has 33 heavy (non-hydrogen) atoms. The number of likely N-dealkylation sites (tertiary alicyclic amines) is 1. The second-order valence-electron chi connectivity index (χ2n) is 9.12. The maximum Gasteiger partial charge on any atom is 0.312 e. The lowest BCUT2D eigenvalue weighted by Gasteiger charge is -2.36. The van der Waals surface area contributed by atoms with E-state index in [0.717, 1.165) is 13.1 Å². The molecule has 1 N–H and O–H groups in total. The fourth-order valence-electron chi connectivity index (χ4n) is 5.79. The van der Waals surface area contributed by atoms with Crippen LogP contribution in [-0.4, -0.2) is 121 Å². The molecule has 0 aromatic heterocycles. The molecule has 2 amide bonds. The van der Waals surface area contributed by atoms with Crippen LogP contribution in [0.1, 0.15) is 6.42 Å². The molecule has 3 fully saturated rings. The number of rotatable bonds is 5. The van der Waals surface area contributed by atoms with Crippen LogP contribution in [0.5, 0.6) is 0 Å². The minimum absolute atomic E-state index is 0.00423. The minimum Gasteiger partial charge on any atom is -0.465 e. The van der Waals surface area contributed by atoms with Gasteiger partial charge < -0.3 is 29.1 Å². The van der Waals surface area contributed by atoms with Crippen LogP contribution >= 0.6 is 0 Å². The van der Waals surface area contributed by atoms with Gasteiger partial charge in [0.05, 0.1) is 38.4 Å². The van der Waals surface area contributed by atoms with Gasteiger partial charge in [0.25, 0.3) is 0 Å². The number of aliphatic hydroxyl groups is 1. The summed E-state index contributed by atoms with van der Waals surface area (Å²) in [7, 11) is 0. The van der Waals surface area contributed by atoms with Crippen LogP contribution in [0.4, 0.5) is 0 Å². The number of nitrogens with zero attached hydrogens (tertiary/aromatic N) is 3. The fraction of sp³-hybridized carbons (Fsp3) is 0.696. The van der Waals surface area contributed by atoms with Crippen molar-refractivity contribution in [1.29, 1.82) is 0 Å². The van der Waals surface area contributed by atoms with Gasteiger partial charge in [-0.05, 0) is 6.42 Å².